The number of rotatable bonds is 4. The summed E-state index contributed by atoms with van der Waals surface area (Å²) in [6.45, 7) is 1.82. The second kappa shape index (κ2) is 8.02. The first-order valence-corrected chi connectivity index (χ1v) is 11.4. The number of halogens is 1. The van der Waals surface area contributed by atoms with Crippen molar-refractivity contribution in [1.82, 2.24) is 4.31 Å². The van der Waals surface area contributed by atoms with Gasteiger partial charge in [-0.15, -0.1) is 11.8 Å². The number of hydrogen-bond acceptors (Lipinski definition) is 5. The molecular formula is C18H16BrN3O3S2. The number of sulfonamides is 1. The largest absolute Gasteiger partial charge is 0.325 e. The monoisotopic (exact) mass is 465 g/mol. The number of aryl methyl sites for hydroxylation is 1. The zero-order valence-electron chi connectivity index (χ0n) is 14.3. The van der Waals surface area contributed by atoms with E-state index >= 15 is 0 Å². The van der Waals surface area contributed by atoms with Crippen LogP contribution in [0.2, 0.25) is 0 Å². The Hall–Kier alpha value is -1.86. The molecule has 1 N–H and O–H groups in total. The van der Waals surface area contributed by atoms with Crippen molar-refractivity contribution in [3.05, 3.63) is 58.1 Å². The summed E-state index contributed by atoms with van der Waals surface area (Å²) in [7, 11) is -3.79. The molecule has 2 aromatic carbocycles. The summed E-state index contributed by atoms with van der Waals surface area (Å²) in [5.41, 5.74) is 1.81. The minimum absolute atomic E-state index is 0.168. The standard InChI is InChI=1S/C18H16BrN3O3S2/c1-12-8-15(6-7-16(12)19)27(24,25)22-11-26-10-17(22)18(23)21-14-4-2-13(9-20)3-5-14/h2-8,17H,10-11H2,1H3,(H,21,23). The van der Waals surface area contributed by atoms with Crippen molar-refractivity contribution in [2.24, 2.45) is 0 Å². The number of thioether (sulfide) groups is 1. The van der Waals surface area contributed by atoms with Crippen LogP contribution in [-0.2, 0) is 14.8 Å². The van der Waals surface area contributed by atoms with Crippen LogP contribution in [0, 0.1) is 18.3 Å². The van der Waals surface area contributed by atoms with E-state index in [-0.39, 0.29) is 16.7 Å². The molecule has 1 atom stereocenters. The molecule has 2 aromatic rings. The van der Waals surface area contributed by atoms with E-state index in [4.69, 9.17) is 5.26 Å². The summed E-state index contributed by atoms with van der Waals surface area (Å²) < 4.78 is 28.1. The molecular weight excluding hydrogens is 450 g/mol. The molecule has 1 fully saturated rings. The van der Waals surface area contributed by atoms with E-state index in [0.717, 1.165) is 10.0 Å². The van der Waals surface area contributed by atoms with Gasteiger partial charge < -0.3 is 5.32 Å². The van der Waals surface area contributed by atoms with Gasteiger partial charge in [-0.3, -0.25) is 4.79 Å². The summed E-state index contributed by atoms with van der Waals surface area (Å²) in [5.74, 6) is 0.224. The maximum atomic E-state index is 13.0. The van der Waals surface area contributed by atoms with Gasteiger partial charge in [0.05, 0.1) is 22.4 Å². The maximum absolute atomic E-state index is 13.0. The Balaban J connectivity index is 1.82. The lowest BCUT2D eigenvalue weighted by molar-refractivity contribution is -0.118. The number of carbonyl (C=O) groups excluding carboxylic acids is 1. The summed E-state index contributed by atoms with van der Waals surface area (Å²) in [6, 6.07) is 12.5. The van der Waals surface area contributed by atoms with Gasteiger partial charge in [-0.25, -0.2) is 8.42 Å². The van der Waals surface area contributed by atoms with E-state index in [0.29, 0.717) is 17.0 Å². The van der Waals surface area contributed by atoms with E-state index in [2.05, 4.69) is 21.2 Å². The van der Waals surface area contributed by atoms with Gasteiger partial charge in [0.1, 0.15) is 6.04 Å². The predicted octanol–water partition coefficient (Wildman–Crippen LogP) is 3.33. The van der Waals surface area contributed by atoms with Crippen LogP contribution < -0.4 is 5.32 Å². The van der Waals surface area contributed by atoms with Gasteiger partial charge >= 0.3 is 0 Å². The molecule has 140 valence electrons. The van der Waals surface area contributed by atoms with E-state index in [1.54, 1.807) is 36.4 Å². The van der Waals surface area contributed by atoms with Crippen molar-refractivity contribution in [2.45, 2.75) is 17.9 Å². The second-order valence-electron chi connectivity index (χ2n) is 6.00. The van der Waals surface area contributed by atoms with Gasteiger partial charge in [-0.05, 0) is 55.0 Å². The fourth-order valence-corrected chi connectivity index (χ4v) is 6.12. The Kier molecular flexibility index (Phi) is 5.91. The molecule has 1 aliphatic rings. The van der Waals surface area contributed by atoms with Gasteiger partial charge in [0.2, 0.25) is 15.9 Å². The number of amides is 1. The van der Waals surface area contributed by atoms with Crippen molar-refractivity contribution < 1.29 is 13.2 Å². The lowest BCUT2D eigenvalue weighted by Crippen LogP contribution is -2.44. The predicted molar refractivity (Wildman–Crippen MR) is 109 cm³/mol. The molecule has 0 aromatic heterocycles. The normalized spacial score (nSPS) is 17.4. The topological polar surface area (TPSA) is 90.3 Å². The molecule has 0 bridgehead atoms. The second-order valence-corrected chi connectivity index (χ2v) is 9.74. The average Bonchev–Trinajstić information content (AvgIpc) is 3.15. The Labute approximate surface area is 170 Å². The lowest BCUT2D eigenvalue weighted by atomic mass is 10.2. The number of nitriles is 1. The Morgan fingerprint density at radius 2 is 2.00 bits per heavy atom. The molecule has 1 amide bonds. The van der Waals surface area contributed by atoms with Crippen LogP contribution in [0.25, 0.3) is 0 Å². The Morgan fingerprint density at radius 1 is 1.30 bits per heavy atom. The highest BCUT2D eigenvalue weighted by atomic mass is 79.9. The highest BCUT2D eigenvalue weighted by Gasteiger charge is 2.40. The SMILES string of the molecule is Cc1cc(S(=O)(=O)N2CSCC2C(=O)Nc2ccc(C#N)cc2)ccc1Br. The average molecular weight is 466 g/mol. The summed E-state index contributed by atoms with van der Waals surface area (Å²) in [5, 5.41) is 11.6. The number of nitrogens with one attached hydrogen (secondary N) is 1. The molecule has 3 rings (SSSR count). The minimum atomic E-state index is -3.79. The Bertz CT molecular complexity index is 1020. The molecule has 0 radical (unpaired) electrons. The molecule has 0 aliphatic carbocycles. The molecule has 6 nitrogen and oxygen atoms in total. The first-order valence-electron chi connectivity index (χ1n) is 7.99. The van der Waals surface area contributed by atoms with Crippen LogP contribution >= 0.6 is 27.7 Å². The highest BCUT2D eigenvalue weighted by Crippen LogP contribution is 2.30. The van der Waals surface area contributed by atoms with Gasteiger partial charge in [0.25, 0.3) is 0 Å². The molecule has 1 saturated heterocycles. The number of nitrogens with zero attached hydrogens (tertiary/aromatic N) is 2. The minimum Gasteiger partial charge on any atom is -0.325 e. The lowest BCUT2D eigenvalue weighted by Gasteiger charge is -2.23. The van der Waals surface area contributed by atoms with E-state index in [1.165, 1.54) is 22.1 Å². The third-order valence-corrected chi connectivity index (χ3v) is 8.08. The number of carbonyl (C=O) groups is 1. The molecule has 9 heteroatoms. The van der Waals surface area contributed by atoms with E-state index in [9.17, 15) is 13.2 Å². The van der Waals surface area contributed by atoms with E-state index in [1.807, 2.05) is 13.0 Å². The maximum Gasteiger partial charge on any atom is 0.244 e. The van der Waals surface area contributed by atoms with Gasteiger partial charge in [0, 0.05) is 15.9 Å². The number of benzene rings is 2. The van der Waals surface area contributed by atoms with Crippen LogP contribution in [-0.4, -0.2) is 36.3 Å². The number of anilines is 1. The molecule has 0 spiro atoms. The molecule has 1 unspecified atom stereocenters. The third-order valence-electron chi connectivity index (χ3n) is 4.16. The van der Waals surface area contributed by atoms with Crippen molar-refractivity contribution in [2.75, 3.05) is 16.9 Å². The fraction of sp³-hybridized carbons (Fsp3) is 0.222. The highest BCUT2D eigenvalue weighted by molar-refractivity contribution is 9.10. The van der Waals surface area contributed by atoms with Crippen molar-refractivity contribution in [1.29, 1.82) is 5.26 Å². The smallest absolute Gasteiger partial charge is 0.244 e. The zero-order valence-corrected chi connectivity index (χ0v) is 17.6. The van der Waals surface area contributed by atoms with Crippen LogP contribution in [0.3, 0.4) is 0 Å². The summed E-state index contributed by atoms with van der Waals surface area (Å²) in [6.07, 6.45) is 0. The molecule has 27 heavy (non-hydrogen) atoms. The van der Waals surface area contributed by atoms with Crippen molar-refractivity contribution in [3.63, 3.8) is 0 Å². The van der Waals surface area contributed by atoms with Crippen molar-refractivity contribution >= 4 is 49.3 Å². The third kappa shape index (κ3) is 4.19. The van der Waals surface area contributed by atoms with Gasteiger partial charge in [0.15, 0.2) is 0 Å². The van der Waals surface area contributed by atoms with Gasteiger partial charge in [-0.2, -0.15) is 9.57 Å². The molecule has 1 aliphatic heterocycles. The number of hydrogen-bond donors (Lipinski definition) is 1. The first-order chi connectivity index (χ1) is 12.8. The zero-order chi connectivity index (χ0) is 19.6. The molecule has 1 heterocycles. The van der Waals surface area contributed by atoms with Crippen LogP contribution in [0.15, 0.2) is 51.8 Å². The van der Waals surface area contributed by atoms with Crippen LogP contribution in [0.1, 0.15) is 11.1 Å². The summed E-state index contributed by atoms with van der Waals surface area (Å²) in [4.78, 5) is 12.8. The van der Waals surface area contributed by atoms with Crippen LogP contribution in [0.5, 0.6) is 0 Å². The van der Waals surface area contributed by atoms with E-state index < -0.39 is 16.1 Å². The molecule has 0 saturated carbocycles. The Morgan fingerprint density at radius 3 is 2.63 bits per heavy atom. The quantitative estimate of drug-likeness (QED) is 0.747. The summed E-state index contributed by atoms with van der Waals surface area (Å²) >= 11 is 4.76. The van der Waals surface area contributed by atoms with Gasteiger partial charge in [-0.1, -0.05) is 15.9 Å². The fourth-order valence-electron chi connectivity index (χ4n) is 2.64. The van der Waals surface area contributed by atoms with Crippen molar-refractivity contribution in [3.8, 4) is 6.07 Å². The van der Waals surface area contributed by atoms with Crippen LogP contribution in [0.4, 0.5) is 5.69 Å². The first kappa shape index (κ1) is 19.9.